The molecule has 0 saturated carbocycles. The first-order chi connectivity index (χ1) is 36.2. The number of carbonyl (C=O) groups is 3. The number of rotatable bonds is 57. The predicted molar refractivity (Wildman–Crippen MR) is 307 cm³/mol. The summed E-state index contributed by atoms with van der Waals surface area (Å²) in [5, 5.41) is 9.83. The molecule has 0 aromatic heterocycles. The highest BCUT2D eigenvalue weighted by Crippen LogP contribution is 2.43. The molecule has 0 aliphatic rings. The smallest absolute Gasteiger partial charge is 0.462 e. The Bertz CT molecular complexity index is 1430. The van der Waals surface area contributed by atoms with Gasteiger partial charge >= 0.3 is 25.7 Å². The van der Waals surface area contributed by atoms with Gasteiger partial charge < -0.3 is 24.2 Å². The molecule has 0 heterocycles. The maximum Gasteiger partial charge on any atom is 0.472 e. The Morgan fingerprint density at radius 3 is 1.08 bits per heavy atom. The number of unbranched alkanes of at least 4 members (excludes halogenated alkanes) is 32. The van der Waals surface area contributed by atoms with Gasteiger partial charge in [0, 0.05) is 19.3 Å². The Hall–Kier alpha value is -2.56. The molecule has 0 radical (unpaired) electrons. The second kappa shape index (κ2) is 56.6. The molecule has 0 bridgehead atoms. The van der Waals surface area contributed by atoms with Crippen LogP contribution in [0.5, 0.6) is 0 Å². The van der Waals surface area contributed by atoms with E-state index < -0.39 is 57.8 Å². The molecule has 2 N–H and O–H groups in total. The summed E-state index contributed by atoms with van der Waals surface area (Å²) < 4.78 is 39.6. The van der Waals surface area contributed by atoms with Crippen molar-refractivity contribution < 1.29 is 52.2 Å². The van der Waals surface area contributed by atoms with E-state index in [9.17, 15) is 28.9 Å². The standard InChI is InChI=1S/C62H113O11P/c1-4-7-10-13-16-19-22-25-28-29-32-35-38-41-44-47-50-53-62(66)73-59(55-69-60(64)51-48-45-42-39-36-33-30-26-23-20-17-14-11-8-5-2)57-71-74(67,68)70-56-58(54-63)72-61(65)52-49-46-43-40-37-34-31-27-24-21-18-15-12-9-6-3/h7,10,16,19,25,28,32,35,58-59,63H,4-6,8-9,11-15,17-18,20-24,26-27,29-31,33-34,36-57H2,1-3H3,(H,67,68)/b10-7-,19-16-,28-25-,35-32-. The molecule has 11 nitrogen and oxygen atoms in total. The van der Waals surface area contributed by atoms with Gasteiger partial charge in [-0.3, -0.25) is 23.4 Å². The van der Waals surface area contributed by atoms with Gasteiger partial charge in [0.2, 0.25) is 0 Å². The second-order valence-electron chi connectivity index (χ2n) is 20.5. The maximum atomic E-state index is 12.9. The molecule has 0 saturated heterocycles. The van der Waals surface area contributed by atoms with Gasteiger partial charge in [-0.05, 0) is 57.8 Å². The summed E-state index contributed by atoms with van der Waals surface area (Å²) in [4.78, 5) is 48.6. The molecular weight excluding hydrogens is 952 g/mol. The molecule has 0 rings (SSSR count). The minimum Gasteiger partial charge on any atom is -0.462 e. The third-order valence-electron chi connectivity index (χ3n) is 13.3. The Balaban J connectivity index is 4.71. The minimum atomic E-state index is -4.75. The minimum absolute atomic E-state index is 0.143. The van der Waals surface area contributed by atoms with Gasteiger partial charge in [0.1, 0.15) is 12.7 Å². The van der Waals surface area contributed by atoms with Gasteiger partial charge in [0.05, 0.1) is 19.8 Å². The molecule has 0 aromatic rings. The predicted octanol–water partition coefficient (Wildman–Crippen LogP) is 18.1. The highest BCUT2D eigenvalue weighted by Gasteiger charge is 2.28. The number of aliphatic hydroxyl groups is 1. The van der Waals surface area contributed by atoms with Crippen LogP contribution in [0, 0.1) is 0 Å². The Morgan fingerprint density at radius 1 is 0.392 bits per heavy atom. The fourth-order valence-corrected chi connectivity index (χ4v) is 9.43. The number of esters is 3. The first-order valence-corrected chi connectivity index (χ1v) is 32.0. The van der Waals surface area contributed by atoms with Crippen LogP contribution < -0.4 is 0 Å². The molecule has 0 fully saturated rings. The average Bonchev–Trinajstić information content (AvgIpc) is 3.39. The van der Waals surface area contributed by atoms with Crippen molar-refractivity contribution in [1.82, 2.24) is 0 Å². The molecule has 0 aliphatic carbocycles. The van der Waals surface area contributed by atoms with E-state index in [4.69, 9.17) is 23.3 Å². The number of phosphoric ester groups is 1. The van der Waals surface area contributed by atoms with Crippen LogP contribution in [0.4, 0.5) is 0 Å². The Morgan fingerprint density at radius 2 is 0.703 bits per heavy atom. The molecular formula is C62H113O11P. The van der Waals surface area contributed by atoms with Crippen molar-refractivity contribution in [3.8, 4) is 0 Å². The first-order valence-electron chi connectivity index (χ1n) is 30.5. The van der Waals surface area contributed by atoms with Crippen molar-refractivity contribution in [1.29, 1.82) is 0 Å². The summed E-state index contributed by atoms with van der Waals surface area (Å²) in [5.74, 6) is -1.47. The second-order valence-corrected chi connectivity index (χ2v) is 22.0. The SMILES string of the molecule is CC/C=C\C/C=C\C/C=C\C/C=C\CCCCCCC(=O)OC(COC(=O)CCCCCCCCCCCCCCCCC)COP(=O)(O)OCC(CO)OC(=O)CCCCCCCCCCCCCCCCC. The molecule has 432 valence electrons. The van der Waals surface area contributed by atoms with E-state index in [0.29, 0.717) is 19.3 Å². The number of allylic oxidation sites excluding steroid dienone is 8. The number of phosphoric acid groups is 1. The number of hydrogen-bond donors (Lipinski definition) is 2. The van der Waals surface area contributed by atoms with Crippen LogP contribution in [0.25, 0.3) is 0 Å². The largest absolute Gasteiger partial charge is 0.472 e. The van der Waals surface area contributed by atoms with E-state index in [2.05, 4.69) is 69.4 Å². The molecule has 3 atom stereocenters. The van der Waals surface area contributed by atoms with Crippen LogP contribution in [0.1, 0.15) is 290 Å². The van der Waals surface area contributed by atoms with E-state index in [1.165, 1.54) is 141 Å². The van der Waals surface area contributed by atoms with Gasteiger partial charge in [-0.1, -0.05) is 262 Å². The number of hydrogen-bond acceptors (Lipinski definition) is 10. The third kappa shape index (κ3) is 54.2. The topological polar surface area (TPSA) is 155 Å². The maximum absolute atomic E-state index is 12.9. The van der Waals surface area contributed by atoms with Gasteiger partial charge in [0.15, 0.2) is 6.10 Å². The first kappa shape index (κ1) is 71.4. The lowest BCUT2D eigenvalue weighted by Gasteiger charge is -2.21. The average molecular weight is 1070 g/mol. The highest BCUT2D eigenvalue weighted by molar-refractivity contribution is 7.47. The molecule has 0 aromatic carbocycles. The van der Waals surface area contributed by atoms with Gasteiger partial charge in [-0.15, -0.1) is 0 Å². The summed E-state index contributed by atoms with van der Waals surface area (Å²) >= 11 is 0. The van der Waals surface area contributed by atoms with Crippen molar-refractivity contribution in [2.45, 2.75) is 303 Å². The summed E-state index contributed by atoms with van der Waals surface area (Å²) in [6, 6.07) is 0. The fraction of sp³-hybridized carbons (Fsp3) is 0.823. The third-order valence-corrected chi connectivity index (χ3v) is 14.2. The number of aliphatic hydroxyl groups excluding tert-OH is 1. The Labute approximate surface area is 453 Å². The van der Waals surface area contributed by atoms with E-state index in [1.807, 2.05) is 0 Å². The van der Waals surface area contributed by atoms with Crippen molar-refractivity contribution in [2.24, 2.45) is 0 Å². The van der Waals surface area contributed by atoms with Crippen LogP contribution in [0.3, 0.4) is 0 Å². The van der Waals surface area contributed by atoms with Gasteiger partial charge in [0.25, 0.3) is 0 Å². The van der Waals surface area contributed by atoms with Crippen molar-refractivity contribution >= 4 is 25.7 Å². The molecule has 0 spiro atoms. The molecule has 0 amide bonds. The van der Waals surface area contributed by atoms with E-state index in [0.717, 1.165) is 89.9 Å². The molecule has 3 unspecified atom stereocenters. The van der Waals surface area contributed by atoms with E-state index in [-0.39, 0.29) is 25.9 Å². The highest BCUT2D eigenvalue weighted by atomic mass is 31.2. The zero-order valence-electron chi connectivity index (χ0n) is 47.8. The van der Waals surface area contributed by atoms with Crippen LogP contribution in [0.2, 0.25) is 0 Å². The molecule has 12 heteroatoms. The zero-order chi connectivity index (χ0) is 54.1. The summed E-state index contributed by atoms with van der Waals surface area (Å²) in [6.45, 7) is 4.56. The van der Waals surface area contributed by atoms with Crippen LogP contribution in [0.15, 0.2) is 48.6 Å². The molecule has 0 aliphatic heterocycles. The number of carbonyl (C=O) groups excluding carboxylic acids is 3. The lowest BCUT2D eigenvalue weighted by atomic mass is 10.0. The normalized spacial score (nSPS) is 13.6. The fourth-order valence-electron chi connectivity index (χ4n) is 8.64. The lowest BCUT2D eigenvalue weighted by Crippen LogP contribution is -2.30. The summed E-state index contributed by atoms with van der Waals surface area (Å²) in [7, 11) is -4.75. The van der Waals surface area contributed by atoms with Crippen molar-refractivity contribution in [3.05, 3.63) is 48.6 Å². The zero-order valence-corrected chi connectivity index (χ0v) is 48.7. The quantitative estimate of drug-likeness (QED) is 0.0197. The van der Waals surface area contributed by atoms with Crippen molar-refractivity contribution in [3.63, 3.8) is 0 Å². The van der Waals surface area contributed by atoms with Crippen LogP contribution >= 0.6 is 7.82 Å². The van der Waals surface area contributed by atoms with Gasteiger partial charge in [-0.2, -0.15) is 0 Å². The van der Waals surface area contributed by atoms with E-state index >= 15 is 0 Å². The number of ether oxygens (including phenoxy) is 3. The van der Waals surface area contributed by atoms with Crippen LogP contribution in [-0.2, 0) is 42.2 Å². The van der Waals surface area contributed by atoms with E-state index in [1.54, 1.807) is 0 Å². The van der Waals surface area contributed by atoms with Crippen LogP contribution in [-0.4, -0.2) is 66.5 Å². The van der Waals surface area contributed by atoms with Gasteiger partial charge in [-0.25, -0.2) is 4.57 Å². The summed E-state index contributed by atoms with van der Waals surface area (Å²) in [5.41, 5.74) is 0. The Kier molecular flexibility index (Phi) is 54.7. The molecule has 74 heavy (non-hydrogen) atoms. The monoisotopic (exact) mass is 1060 g/mol. The summed E-state index contributed by atoms with van der Waals surface area (Å²) in [6.07, 6.45) is 60.6. The van der Waals surface area contributed by atoms with Crippen molar-refractivity contribution in [2.75, 3.05) is 26.4 Å². The lowest BCUT2D eigenvalue weighted by molar-refractivity contribution is -0.161.